The molecule has 7 nitrogen and oxygen atoms in total. The zero-order chi connectivity index (χ0) is 19.6. The summed E-state index contributed by atoms with van der Waals surface area (Å²) in [6, 6.07) is 9.93. The van der Waals surface area contributed by atoms with E-state index in [2.05, 4.69) is 4.98 Å². The molecule has 27 heavy (non-hydrogen) atoms. The topological polar surface area (TPSA) is 89.0 Å². The van der Waals surface area contributed by atoms with Gasteiger partial charge in [-0.15, -0.1) is 0 Å². The highest BCUT2D eigenvalue weighted by atomic mass is 16.5. The standard InChI is InChI=1S/C20H22N2O5/c1-12-10-22(11-13(2)27-12)19(23)15-6-4-5-14(9-15)18-17(26-3)8-7-16(21-18)20(24)25/h4-9,12-13H,10-11H2,1-3H3,(H,24,25)/t12-,13+. The number of benzene rings is 1. The maximum atomic E-state index is 12.9. The first-order valence-electron chi connectivity index (χ1n) is 8.72. The molecular formula is C20H22N2O5. The van der Waals surface area contributed by atoms with Crippen LogP contribution in [-0.2, 0) is 4.74 Å². The molecule has 2 atom stereocenters. The number of morpholine rings is 1. The fraction of sp³-hybridized carbons (Fsp3) is 0.350. The number of hydrogen-bond donors (Lipinski definition) is 1. The van der Waals surface area contributed by atoms with Crippen molar-refractivity contribution in [1.29, 1.82) is 0 Å². The minimum Gasteiger partial charge on any atom is -0.494 e. The van der Waals surface area contributed by atoms with Gasteiger partial charge in [-0.3, -0.25) is 4.79 Å². The maximum Gasteiger partial charge on any atom is 0.354 e. The van der Waals surface area contributed by atoms with Crippen LogP contribution in [0.4, 0.5) is 0 Å². The molecule has 0 radical (unpaired) electrons. The number of rotatable bonds is 4. The van der Waals surface area contributed by atoms with Gasteiger partial charge in [-0.05, 0) is 38.1 Å². The lowest BCUT2D eigenvalue weighted by Crippen LogP contribution is -2.48. The SMILES string of the molecule is COc1ccc(C(=O)O)nc1-c1cccc(C(=O)N2C[C@@H](C)O[C@@H](C)C2)c1. The molecule has 0 bridgehead atoms. The van der Waals surface area contributed by atoms with Crippen molar-refractivity contribution in [3.05, 3.63) is 47.7 Å². The van der Waals surface area contributed by atoms with E-state index in [1.165, 1.54) is 13.2 Å². The summed E-state index contributed by atoms with van der Waals surface area (Å²) in [6.07, 6.45) is -0.0372. The fourth-order valence-corrected chi connectivity index (χ4v) is 3.26. The van der Waals surface area contributed by atoms with Gasteiger partial charge >= 0.3 is 5.97 Å². The molecule has 1 N–H and O–H groups in total. The minimum atomic E-state index is -1.12. The van der Waals surface area contributed by atoms with E-state index in [1.807, 2.05) is 13.8 Å². The second-order valence-electron chi connectivity index (χ2n) is 6.60. The molecule has 1 aromatic carbocycles. The first-order chi connectivity index (χ1) is 12.9. The number of nitrogens with zero attached hydrogens (tertiary/aromatic N) is 2. The molecular weight excluding hydrogens is 348 g/mol. The van der Waals surface area contributed by atoms with E-state index in [-0.39, 0.29) is 23.8 Å². The van der Waals surface area contributed by atoms with Crippen molar-refractivity contribution in [2.24, 2.45) is 0 Å². The third kappa shape index (κ3) is 4.09. The number of carboxylic acids is 1. The van der Waals surface area contributed by atoms with Crippen molar-refractivity contribution in [2.75, 3.05) is 20.2 Å². The number of pyridine rings is 1. The molecule has 1 fully saturated rings. The number of carbonyl (C=O) groups excluding carboxylic acids is 1. The first kappa shape index (κ1) is 18.8. The van der Waals surface area contributed by atoms with Gasteiger partial charge in [-0.2, -0.15) is 0 Å². The summed E-state index contributed by atoms with van der Waals surface area (Å²) >= 11 is 0. The number of carboxylic acid groups (broad SMARTS) is 1. The number of amides is 1. The average Bonchev–Trinajstić information content (AvgIpc) is 2.66. The fourth-order valence-electron chi connectivity index (χ4n) is 3.26. The number of carbonyl (C=O) groups is 2. The van der Waals surface area contributed by atoms with Gasteiger partial charge in [0.25, 0.3) is 5.91 Å². The van der Waals surface area contributed by atoms with Crippen LogP contribution in [0.25, 0.3) is 11.3 Å². The highest BCUT2D eigenvalue weighted by Crippen LogP contribution is 2.29. The summed E-state index contributed by atoms with van der Waals surface area (Å²) in [7, 11) is 1.49. The van der Waals surface area contributed by atoms with E-state index in [1.54, 1.807) is 35.2 Å². The first-order valence-corrected chi connectivity index (χ1v) is 8.72. The van der Waals surface area contributed by atoms with Crippen molar-refractivity contribution in [1.82, 2.24) is 9.88 Å². The molecule has 1 aromatic heterocycles. The van der Waals surface area contributed by atoms with E-state index in [9.17, 15) is 14.7 Å². The van der Waals surface area contributed by atoms with Crippen LogP contribution in [0.15, 0.2) is 36.4 Å². The van der Waals surface area contributed by atoms with Gasteiger partial charge in [-0.25, -0.2) is 9.78 Å². The Morgan fingerprint density at radius 1 is 1.19 bits per heavy atom. The maximum absolute atomic E-state index is 12.9. The highest BCUT2D eigenvalue weighted by Gasteiger charge is 2.27. The number of hydrogen-bond acceptors (Lipinski definition) is 5. The lowest BCUT2D eigenvalue weighted by Gasteiger charge is -2.35. The minimum absolute atomic E-state index is 0.0186. The predicted molar refractivity (Wildman–Crippen MR) is 99.1 cm³/mol. The molecule has 0 aliphatic carbocycles. The van der Waals surface area contributed by atoms with E-state index < -0.39 is 5.97 Å². The van der Waals surface area contributed by atoms with Crippen molar-refractivity contribution in [2.45, 2.75) is 26.1 Å². The predicted octanol–water partition coefficient (Wildman–Crippen LogP) is 2.70. The Hall–Kier alpha value is -2.93. The Balaban J connectivity index is 1.95. The van der Waals surface area contributed by atoms with E-state index in [4.69, 9.17) is 9.47 Å². The molecule has 7 heteroatoms. The molecule has 1 aliphatic heterocycles. The Bertz CT molecular complexity index is 857. The number of methoxy groups -OCH3 is 1. The number of aromatic nitrogens is 1. The van der Waals surface area contributed by atoms with Gasteiger partial charge in [0.1, 0.15) is 17.1 Å². The molecule has 1 amide bonds. The van der Waals surface area contributed by atoms with Crippen LogP contribution >= 0.6 is 0 Å². The van der Waals surface area contributed by atoms with Crippen molar-refractivity contribution < 1.29 is 24.2 Å². The van der Waals surface area contributed by atoms with Crippen LogP contribution in [0.3, 0.4) is 0 Å². The largest absolute Gasteiger partial charge is 0.494 e. The molecule has 0 saturated carbocycles. The van der Waals surface area contributed by atoms with Gasteiger partial charge in [0, 0.05) is 24.2 Å². The molecule has 1 saturated heterocycles. The van der Waals surface area contributed by atoms with E-state index in [0.29, 0.717) is 35.7 Å². The van der Waals surface area contributed by atoms with Crippen LogP contribution < -0.4 is 4.74 Å². The second-order valence-corrected chi connectivity index (χ2v) is 6.60. The van der Waals surface area contributed by atoms with Crippen molar-refractivity contribution in [3.8, 4) is 17.0 Å². The molecule has 2 aromatic rings. The molecule has 2 heterocycles. The van der Waals surface area contributed by atoms with Gasteiger partial charge in [0.15, 0.2) is 0 Å². The van der Waals surface area contributed by atoms with Gasteiger partial charge in [0.2, 0.25) is 0 Å². The lowest BCUT2D eigenvalue weighted by molar-refractivity contribution is -0.0586. The van der Waals surface area contributed by atoms with Gasteiger partial charge in [0.05, 0.1) is 19.3 Å². The molecule has 0 unspecified atom stereocenters. The van der Waals surface area contributed by atoms with E-state index in [0.717, 1.165) is 0 Å². The second kappa shape index (κ2) is 7.75. The Labute approximate surface area is 157 Å². The monoisotopic (exact) mass is 370 g/mol. The lowest BCUT2D eigenvalue weighted by atomic mass is 10.0. The third-order valence-corrected chi connectivity index (χ3v) is 4.39. The summed E-state index contributed by atoms with van der Waals surface area (Å²) in [5.41, 5.74) is 1.43. The number of aromatic carboxylic acids is 1. The van der Waals surface area contributed by atoms with Crippen molar-refractivity contribution >= 4 is 11.9 Å². The normalized spacial score (nSPS) is 19.6. The Kier molecular flexibility index (Phi) is 5.41. The Morgan fingerprint density at radius 3 is 2.52 bits per heavy atom. The van der Waals surface area contributed by atoms with Crippen LogP contribution in [0.1, 0.15) is 34.7 Å². The van der Waals surface area contributed by atoms with Crippen LogP contribution in [0, 0.1) is 0 Å². The zero-order valence-electron chi connectivity index (χ0n) is 15.5. The average molecular weight is 370 g/mol. The summed E-state index contributed by atoms with van der Waals surface area (Å²) in [5.74, 6) is -0.771. The number of ether oxygens (including phenoxy) is 2. The van der Waals surface area contributed by atoms with Crippen molar-refractivity contribution in [3.63, 3.8) is 0 Å². The zero-order valence-corrected chi connectivity index (χ0v) is 15.5. The van der Waals surface area contributed by atoms with Gasteiger partial charge < -0.3 is 19.5 Å². The van der Waals surface area contributed by atoms with Crippen LogP contribution in [0.5, 0.6) is 5.75 Å². The van der Waals surface area contributed by atoms with Gasteiger partial charge in [-0.1, -0.05) is 12.1 Å². The molecule has 142 valence electrons. The molecule has 0 spiro atoms. The van der Waals surface area contributed by atoms with Crippen LogP contribution in [0.2, 0.25) is 0 Å². The quantitative estimate of drug-likeness (QED) is 0.890. The summed E-state index contributed by atoms with van der Waals surface area (Å²) in [6.45, 7) is 4.95. The Morgan fingerprint density at radius 2 is 1.89 bits per heavy atom. The molecule has 1 aliphatic rings. The third-order valence-electron chi connectivity index (χ3n) is 4.39. The summed E-state index contributed by atoms with van der Waals surface area (Å²) < 4.78 is 11.0. The highest BCUT2D eigenvalue weighted by molar-refractivity contribution is 5.96. The molecule has 3 rings (SSSR count). The smallest absolute Gasteiger partial charge is 0.354 e. The summed E-state index contributed by atoms with van der Waals surface area (Å²) in [5, 5.41) is 9.21. The van der Waals surface area contributed by atoms with E-state index >= 15 is 0 Å². The van der Waals surface area contributed by atoms with Crippen LogP contribution in [-0.4, -0.2) is 59.3 Å². The summed E-state index contributed by atoms with van der Waals surface area (Å²) in [4.78, 5) is 30.1.